The van der Waals surface area contributed by atoms with E-state index < -0.39 is 0 Å². The number of aryl methyl sites for hydroxylation is 1. The second-order valence-electron chi connectivity index (χ2n) is 4.65. The van der Waals surface area contributed by atoms with Gasteiger partial charge in [-0.15, -0.1) is 11.8 Å². The Morgan fingerprint density at radius 3 is 2.79 bits per heavy atom. The van der Waals surface area contributed by atoms with E-state index in [0.29, 0.717) is 0 Å². The molecule has 0 atom stereocenters. The average Bonchev–Trinajstić information content (AvgIpc) is 2.85. The predicted molar refractivity (Wildman–Crippen MR) is 81.4 cm³/mol. The van der Waals surface area contributed by atoms with Crippen LogP contribution in [0.1, 0.15) is 30.4 Å². The molecule has 3 heteroatoms. The van der Waals surface area contributed by atoms with Crippen molar-refractivity contribution in [3.05, 3.63) is 53.5 Å². The van der Waals surface area contributed by atoms with Gasteiger partial charge in [-0.3, -0.25) is 0 Å². The standard InChI is InChI=1S/C16H21NOS/c1-3-9-17-11-14-7-8-15(18-14)12-19-16-6-4-5-13(2)10-16/h4-8,10,17H,3,9,11-12H2,1-2H3. The molecule has 0 spiro atoms. The van der Waals surface area contributed by atoms with E-state index in [4.69, 9.17) is 4.42 Å². The summed E-state index contributed by atoms with van der Waals surface area (Å²) in [6.07, 6.45) is 1.15. The fraction of sp³-hybridized carbons (Fsp3) is 0.375. The van der Waals surface area contributed by atoms with Crippen molar-refractivity contribution in [2.75, 3.05) is 6.54 Å². The first kappa shape index (κ1) is 14.2. The minimum absolute atomic E-state index is 0.822. The van der Waals surface area contributed by atoms with Crippen LogP contribution in [0, 0.1) is 6.92 Å². The molecule has 0 aliphatic heterocycles. The molecule has 0 aliphatic carbocycles. The Balaban J connectivity index is 1.83. The van der Waals surface area contributed by atoms with Gasteiger partial charge in [0.15, 0.2) is 0 Å². The van der Waals surface area contributed by atoms with Crippen LogP contribution < -0.4 is 5.32 Å². The van der Waals surface area contributed by atoms with E-state index in [1.54, 1.807) is 0 Å². The van der Waals surface area contributed by atoms with Crippen molar-refractivity contribution in [1.29, 1.82) is 0 Å². The molecular formula is C16H21NOS. The van der Waals surface area contributed by atoms with Gasteiger partial charge >= 0.3 is 0 Å². The number of benzene rings is 1. The van der Waals surface area contributed by atoms with Crippen LogP contribution in [0.5, 0.6) is 0 Å². The SMILES string of the molecule is CCCNCc1ccc(CSc2cccc(C)c2)o1. The maximum atomic E-state index is 5.80. The minimum atomic E-state index is 0.822. The fourth-order valence-electron chi connectivity index (χ4n) is 1.84. The van der Waals surface area contributed by atoms with Gasteiger partial charge in [-0.1, -0.05) is 24.6 Å². The van der Waals surface area contributed by atoms with Crippen LogP contribution >= 0.6 is 11.8 Å². The lowest BCUT2D eigenvalue weighted by molar-refractivity contribution is 0.459. The molecule has 0 aliphatic rings. The molecule has 1 heterocycles. The number of nitrogens with one attached hydrogen (secondary N) is 1. The lowest BCUT2D eigenvalue weighted by atomic mass is 10.2. The second-order valence-corrected chi connectivity index (χ2v) is 5.70. The highest BCUT2D eigenvalue weighted by molar-refractivity contribution is 7.98. The predicted octanol–water partition coefficient (Wildman–Crippen LogP) is 4.38. The Morgan fingerprint density at radius 1 is 1.16 bits per heavy atom. The van der Waals surface area contributed by atoms with E-state index in [0.717, 1.165) is 36.8 Å². The number of hydrogen-bond acceptors (Lipinski definition) is 3. The van der Waals surface area contributed by atoms with Crippen LogP contribution in [-0.4, -0.2) is 6.54 Å². The van der Waals surface area contributed by atoms with E-state index in [1.165, 1.54) is 10.5 Å². The van der Waals surface area contributed by atoms with Gasteiger partial charge in [0, 0.05) is 4.90 Å². The number of thioether (sulfide) groups is 1. The monoisotopic (exact) mass is 275 g/mol. The van der Waals surface area contributed by atoms with E-state index in [9.17, 15) is 0 Å². The third-order valence-corrected chi connectivity index (χ3v) is 3.83. The molecule has 2 aromatic rings. The van der Waals surface area contributed by atoms with Crippen LogP contribution in [-0.2, 0) is 12.3 Å². The zero-order valence-corrected chi connectivity index (χ0v) is 12.4. The highest BCUT2D eigenvalue weighted by Crippen LogP contribution is 2.24. The number of hydrogen-bond donors (Lipinski definition) is 1. The first-order valence-electron chi connectivity index (χ1n) is 6.75. The molecule has 1 aromatic carbocycles. The van der Waals surface area contributed by atoms with Crippen LogP contribution in [0.3, 0.4) is 0 Å². The molecule has 2 nitrogen and oxygen atoms in total. The summed E-state index contributed by atoms with van der Waals surface area (Å²) < 4.78 is 5.80. The third-order valence-electron chi connectivity index (χ3n) is 2.81. The summed E-state index contributed by atoms with van der Waals surface area (Å²) in [7, 11) is 0. The van der Waals surface area contributed by atoms with Crippen molar-refractivity contribution in [3.63, 3.8) is 0 Å². The Bertz CT molecular complexity index is 507. The molecule has 102 valence electrons. The van der Waals surface area contributed by atoms with Crippen molar-refractivity contribution in [2.45, 2.75) is 37.5 Å². The van der Waals surface area contributed by atoms with Gasteiger partial charge in [0.25, 0.3) is 0 Å². The summed E-state index contributed by atoms with van der Waals surface area (Å²) in [4.78, 5) is 1.29. The van der Waals surface area contributed by atoms with Gasteiger partial charge in [0.05, 0.1) is 12.3 Å². The van der Waals surface area contributed by atoms with Crippen LogP contribution in [0.25, 0.3) is 0 Å². The maximum absolute atomic E-state index is 5.80. The van der Waals surface area contributed by atoms with E-state index in [1.807, 2.05) is 11.8 Å². The van der Waals surface area contributed by atoms with Gasteiger partial charge in [-0.05, 0) is 44.2 Å². The first-order chi connectivity index (χ1) is 9.28. The fourth-order valence-corrected chi connectivity index (χ4v) is 2.75. The van der Waals surface area contributed by atoms with E-state index in [-0.39, 0.29) is 0 Å². The van der Waals surface area contributed by atoms with Gasteiger partial charge in [0.2, 0.25) is 0 Å². The molecule has 1 N–H and O–H groups in total. The van der Waals surface area contributed by atoms with Crippen LogP contribution in [0.4, 0.5) is 0 Å². The molecule has 0 bridgehead atoms. The minimum Gasteiger partial charge on any atom is -0.464 e. The van der Waals surface area contributed by atoms with Crippen molar-refractivity contribution in [1.82, 2.24) is 5.32 Å². The number of furan rings is 1. The van der Waals surface area contributed by atoms with Crippen molar-refractivity contribution in [3.8, 4) is 0 Å². The average molecular weight is 275 g/mol. The third kappa shape index (κ3) is 4.77. The van der Waals surface area contributed by atoms with Gasteiger partial charge < -0.3 is 9.73 Å². The van der Waals surface area contributed by atoms with Gasteiger partial charge in [0.1, 0.15) is 11.5 Å². The molecule has 0 radical (unpaired) electrons. The second kappa shape index (κ2) is 7.41. The van der Waals surface area contributed by atoms with E-state index >= 15 is 0 Å². The Hall–Kier alpha value is -1.19. The zero-order chi connectivity index (χ0) is 13.5. The normalized spacial score (nSPS) is 10.8. The summed E-state index contributed by atoms with van der Waals surface area (Å²) in [5, 5.41) is 3.35. The lowest BCUT2D eigenvalue weighted by Gasteiger charge is -2.01. The highest BCUT2D eigenvalue weighted by atomic mass is 32.2. The van der Waals surface area contributed by atoms with Crippen LogP contribution in [0.2, 0.25) is 0 Å². The molecular weight excluding hydrogens is 254 g/mol. The molecule has 0 fully saturated rings. The molecule has 0 saturated heterocycles. The topological polar surface area (TPSA) is 25.2 Å². The summed E-state index contributed by atoms with van der Waals surface area (Å²) in [5.41, 5.74) is 1.30. The molecule has 0 amide bonds. The van der Waals surface area contributed by atoms with Gasteiger partial charge in [-0.2, -0.15) is 0 Å². The van der Waals surface area contributed by atoms with Gasteiger partial charge in [-0.25, -0.2) is 0 Å². The number of rotatable bonds is 7. The first-order valence-corrected chi connectivity index (χ1v) is 7.74. The Morgan fingerprint density at radius 2 is 2.00 bits per heavy atom. The summed E-state index contributed by atoms with van der Waals surface area (Å²) in [6.45, 7) is 6.14. The van der Waals surface area contributed by atoms with Crippen molar-refractivity contribution < 1.29 is 4.42 Å². The largest absolute Gasteiger partial charge is 0.464 e. The molecule has 0 saturated carbocycles. The molecule has 19 heavy (non-hydrogen) atoms. The summed E-state index contributed by atoms with van der Waals surface area (Å²) in [5.74, 6) is 2.95. The molecule has 1 aromatic heterocycles. The zero-order valence-electron chi connectivity index (χ0n) is 11.6. The quantitative estimate of drug-likeness (QED) is 0.599. The van der Waals surface area contributed by atoms with Crippen molar-refractivity contribution >= 4 is 11.8 Å². The molecule has 2 rings (SSSR count). The van der Waals surface area contributed by atoms with E-state index in [2.05, 4.69) is 55.6 Å². The highest BCUT2D eigenvalue weighted by Gasteiger charge is 2.03. The Labute approximate surface area is 119 Å². The maximum Gasteiger partial charge on any atom is 0.118 e. The Kier molecular flexibility index (Phi) is 5.55. The molecule has 0 unspecified atom stereocenters. The van der Waals surface area contributed by atoms with Crippen LogP contribution in [0.15, 0.2) is 45.7 Å². The lowest BCUT2D eigenvalue weighted by Crippen LogP contribution is -2.12. The summed E-state index contributed by atoms with van der Waals surface area (Å²) in [6, 6.07) is 12.7. The van der Waals surface area contributed by atoms with Crippen molar-refractivity contribution in [2.24, 2.45) is 0 Å². The summed E-state index contributed by atoms with van der Waals surface area (Å²) >= 11 is 1.82. The smallest absolute Gasteiger partial charge is 0.118 e.